The van der Waals surface area contributed by atoms with Gasteiger partial charge in [0.2, 0.25) is 11.8 Å². The van der Waals surface area contributed by atoms with Gasteiger partial charge in [0.15, 0.2) is 11.6 Å². The van der Waals surface area contributed by atoms with Crippen molar-refractivity contribution in [3.63, 3.8) is 0 Å². The Morgan fingerprint density at radius 2 is 1.79 bits per heavy atom. The zero-order valence-electron chi connectivity index (χ0n) is 28.7. The number of anilines is 2. The molecule has 1 aromatic carbocycles. The van der Waals surface area contributed by atoms with Crippen molar-refractivity contribution in [2.45, 2.75) is 64.1 Å². The quantitative estimate of drug-likeness (QED) is 0.0922. The predicted octanol–water partition coefficient (Wildman–Crippen LogP) is 6.90. The van der Waals surface area contributed by atoms with Crippen molar-refractivity contribution in [1.82, 2.24) is 30.9 Å². The predicted molar refractivity (Wildman–Crippen MR) is 197 cm³/mol. The van der Waals surface area contributed by atoms with Crippen LogP contribution < -0.4 is 26.0 Å². The summed E-state index contributed by atoms with van der Waals surface area (Å²) < 4.78 is 21.4. The van der Waals surface area contributed by atoms with E-state index in [1.54, 1.807) is 49.8 Å². The Morgan fingerprint density at radius 1 is 1.00 bits per heavy atom. The van der Waals surface area contributed by atoms with E-state index in [1.807, 2.05) is 12.1 Å². The molecule has 4 heterocycles. The molecule has 14 heteroatoms. The molecule has 2 saturated carbocycles. The maximum Gasteiger partial charge on any atom is 0.309 e. The molecule has 7 rings (SSSR count). The fourth-order valence-corrected chi connectivity index (χ4v) is 8.51. The van der Waals surface area contributed by atoms with Gasteiger partial charge in [-0.25, -0.2) is 14.4 Å². The van der Waals surface area contributed by atoms with Crippen LogP contribution in [0.5, 0.6) is 5.88 Å². The number of nitrogens with one attached hydrogen (secondary N) is 4. The molecule has 4 aromatic rings. The number of fused-ring (bicyclic) bond motifs is 2. The van der Waals surface area contributed by atoms with Gasteiger partial charge in [0.05, 0.1) is 39.6 Å². The number of pyridine rings is 3. The lowest BCUT2D eigenvalue weighted by atomic mass is 9.82. The van der Waals surface area contributed by atoms with Gasteiger partial charge in [-0.1, -0.05) is 41.4 Å². The summed E-state index contributed by atoms with van der Waals surface area (Å²) in [6.45, 7) is 2.08. The van der Waals surface area contributed by atoms with Gasteiger partial charge < -0.3 is 31.1 Å². The SMILES string of the molecule is COc1nc(-c2ccnc(-c3cccc(Nc4nccc(CNCC56CCC(C(=O)O)(CC5)C6)c4F)c3Cl)c2Cl)ccc1CNC[C@H]1CCC(=O)N1. The third-order valence-electron chi connectivity index (χ3n) is 10.8. The number of ether oxygens (including phenoxy) is 1. The number of amides is 1. The van der Waals surface area contributed by atoms with Crippen LogP contribution in [0.15, 0.2) is 54.9 Å². The van der Waals surface area contributed by atoms with E-state index in [4.69, 9.17) is 32.9 Å². The minimum Gasteiger partial charge on any atom is -0.481 e. The Morgan fingerprint density at radius 3 is 2.52 bits per heavy atom. The van der Waals surface area contributed by atoms with Crippen LogP contribution in [-0.2, 0) is 22.7 Å². The first-order chi connectivity index (χ1) is 25.1. The van der Waals surface area contributed by atoms with Gasteiger partial charge in [-0.3, -0.25) is 14.6 Å². The monoisotopic (exact) mass is 747 g/mol. The molecule has 5 N–H and O–H groups in total. The molecule has 1 aliphatic heterocycles. The number of hydrogen-bond donors (Lipinski definition) is 5. The number of benzene rings is 1. The molecule has 3 aliphatic rings. The van der Waals surface area contributed by atoms with Crippen molar-refractivity contribution < 1.29 is 23.8 Å². The number of carboxylic acid groups (broad SMARTS) is 1. The highest BCUT2D eigenvalue weighted by molar-refractivity contribution is 6.39. The highest BCUT2D eigenvalue weighted by Gasteiger charge is 2.57. The van der Waals surface area contributed by atoms with Crippen molar-refractivity contribution in [3.8, 4) is 28.4 Å². The van der Waals surface area contributed by atoms with Crippen molar-refractivity contribution in [2.24, 2.45) is 10.8 Å². The van der Waals surface area contributed by atoms with Gasteiger partial charge in [-0.15, -0.1) is 0 Å². The number of hydrogen-bond acceptors (Lipinski definition) is 9. The molecule has 0 unspecified atom stereocenters. The van der Waals surface area contributed by atoms with E-state index in [2.05, 4.69) is 31.2 Å². The summed E-state index contributed by atoms with van der Waals surface area (Å²) in [4.78, 5) is 36.9. The van der Waals surface area contributed by atoms with Crippen LogP contribution in [0.25, 0.3) is 22.5 Å². The summed E-state index contributed by atoms with van der Waals surface area (Å²) in [6.07, 6.45) is 8.34. The number of carboxylic acids is 1. The molecule has 11 nitrogen and oxygen atoms in total. The standard InChI is InChI=1S/C38H40Cl2FN7O4/c1-52-35-23(18-42-19-24-6-8-29(49)46-24)5-7-27(48-35)25-10-16-44-33(31(25)40)26-3-2-4-28(30(26)39)47-34-32(41)22(9-15-45-34)17-43-21-37-11-13-38(20-37,14-12-37)36(50)51/h2-5,7,9-10,15-16,24,42-43H,6,8,11-14,17-21H2,1H3,(H,45,47)(H,46,49)(H,50,51)/t24-,37?,38?/m1/s1. The highest BCUT2D eigenvalue weighted by atomic mass is 35.5. The van der Waals surface area contributed by atoms with Gasteiger partial charge in [-0.2, -0.15) is 0 Å². The summed E-state index contributed by atoms with van der Waals surface area (Å²) >= 11 is 13.9. The average molecular weight is 749 g/mol. The van der Waals surface area contributed by atoms with Gasteiger partial charge in [0.1, 0.15) is 0 Å². The lowest BCUT2D eigenvalue weighted by Crippen LogP contribution is -2.35. The number of halogens is 3. The van der Waals surface area contributed by atoms with Crippen LogP contribution in [0, 0.1) is 16.6 Å². The Balaban J connectivity index is 1.04. The Kier molecular flexibility index (Phi) is 10.3. The molecule has 2 bridgehead atoms. The second-order valence-electron chi connectivity index (χ2n) is 14.1. The maximum atomic E-state index is 15.8. The first kappa shape index (κ1) is 36.0. The van der Waals surface area contributed by atoms with Crippen LogP contribution >= 0.6 is 23.2 Å². The highest BCUT2D eigenvalue weighted by Crippen LogP contribution is 2.61. The molecule has 3 aromatic heterocycles. The lowest BCUT2D eigenvalue weighted by Gasteiger charge is -2.27. The molecule has 2 aliphatic carbocycles. The number of aromatic nitrogens is 3. The second-order valence-corrected chi connectivity index (χ2v) is 14.9. The summed E-state index contributed by atoms with van der Waals surface area (Å²) in [5.74, 6) is -0.654. The van der Waals surface area contributed by atoms with E-state index in [0.29, 0.717) is 90.0 Å². The Labute approximate surface area is 311 Å². The molecule has 1 amide bonds. The summed E-state index contributed by atoms with van der Waals surface area (Å²) in [5, 5.41) is 23.1. The lowest BCUT2D eigenvalue weighted by molar-refractivity contribution is -0.148. The third-order valence-corrected chi connectivity index (χ3v) is 11.6. The smallest absolute Gasteiger partial charge is 0.309 e. The zero-order chi connectivity index (χ0) is 36.5. The first-order valence-corrected chi connectivity index (χ1v) is 18.2. The van der Waals surface area contributed by atoms with Crippen molar-refractivity contribution >= 4 is 46.6 Å². The number of carbonyl (C=O) groups excluding carboxylic acids is 1. The van der Waals surface area contributed by atoms with Crippen LogP contribution in [0.1, 0.15) is 56.1 Å². The first-order valence-electron chi connectivity index (χ1n) is 17.4. The Hall–Kier alpha value is -4.36. The van der Waals surface area contributed by atoms with Crippen molar-refractivity contribution in [1.29, 1.82) is 0 Å². The molecule has 272 valence electrons. The summed E-state index contributed by atoms with van der Waals surface area (Å²) in [7, 11) is 1.56. The van der Waals surface area contributed by atoms with E-state index in [1.165, 1.54) is 0 Å². The minimum atomic E-state index is -0.697. The average Bonchev–Trinajstić information content (AvgIpc) is 3.85. The molecule has 52 heavy (non-hydrogen) atoms. The fraction of sp³-hybridized carbons (Fsp3) is 0.395. The normalized spacial score (nSPS) is 22.1. The van der Waals surface area contributed by atoms with E-state index in [-0.39, 0.29) is 34.7 Å². The molecule has 1 atom stereocenters. The zero-order valence-corrected chi connectivity index (χ0v) is 30.2. The van der Waals surface area contributed by atoms with Crippen LogP contribution in [0.3, 0.4) is 0 Å². The molecule has 0 radical (unpaired) electrons. The summed E-state index contributed by atoms with van der Waals surface area (Å²) in [6, 6.07) is 12.6. The topological polar surface area (TPSA) is 150 Å². The third kappa shape index (κ3) is 7.17. The van der Waals surface area contributed by atoms with Gasteiger partial charge >= 0.3 is 5.97 Å². The molecule has 3 fully saturated rings. The van der Waals surface area contributed by atoms with Gasteiger partial charge in [0, 0.05) is 73.3 Å². The van der Waals surface area contributed by atoms with Crippen molar-refractivity contribution in [2.75, 3.05) is 25.5 Å². The van der Waals surface area contributed by atoms with Gasteiger partial charge in [-0.05, 0) is 68.2 Å². The number of carbonyl (C=O) groups is 2. The number of rotatable bonds is 14. The van der Waals surface area contributed by atoms with Crippen LogP contribution in [0.4, 0.5) is 15.9 Å². The molecule has 1 saturated heterocycles. The minimum absolute atomic E-state index is 0.0230. The van der Waals surface area contributed by atoms with E-state index >= 15 is 4.39 Å². The van der Waals surface area contributed by atoms with Crippen LogP contribution in [-0.4, -0.2) is 58.2 Å². The van der Waals surface area contributed by atoms with Crippen LogP contribution in [0.2, 0.25) is 10.0 Å². The molecular weight excluding hydrogens is 708 g/mol. The van der Waals surface area contributed by atoms with E-state index in [9.17, 15) is 14.7 Å². The largest absolute Gasteiger partial charge is 0.481 e. The second kappa shape index (κ2) is 14.9. The number of aliphatic carboxylic acids is 1. The molecule has 0 spiro atoms. The fourth-order valence-electron chi connectivity index (χ4n) is 7.94. The van der Waals surface area contributed by atoms with Gasteiger partial charge in [0.25, 0.3) is 0 Å². The number of methoxy groups -OCH3 is 1. The van der Waals surface area contributed by atoms with Crippen molar-refractivity contribution in [3.05, 3.63) is 81.8 Å². The maximum absolute atomic E-state index is 15.8. The summed E-state index contributed by atoms with van der Waals surface area (Å²) in [5.41, 5.74) is 3.25. The number of nitrogens with zero attached hydrogens (tertiary/aromatic N) is 3. The van der Waals surface area contributed by atoms with E-state index < -0.39 is 17.2 Å². The molecular formula is C38H40Cl2FN7O4. The Bertz CT molecular complexity index is 2010. The van der Waals surface area contributed by atoms with E-state index in [0.717, 1.165) is 24.8 Å².